The van der Waals surface area contributed by atoms with Crippen LogP contribution in [0.2, 0.25) is 0 Å². The van der Waals surface area contributed by atoms with Gasteiger partial charge < -0.3 is 15.1 Å². The summed E-state index contributed by atoms with van der Waals surface area (Å²) in [5.74, 6) is 0.836. The van der Waals surface area contributed by atoms with Crippen molar-refractivity contribution in [3.63, 3.8) is 0 Å². The van der Waals surface area contributed by atoms with Crippen molar-refractivity contribution in [2.75, 3.05) is 38.0 Å². The summed E-state index contributed by atoms with van der Waals surface area (Å²) in [7, 11) is 0. The second-order valence-electron chi connectivity index (χ2n) is 7.37. The molecule has 1 saturated heterocycles. The van der Waals surface area contributed by atoms with Crippen LogP contribution in [0.1, 0.15) is 43.5 Å². The van der Waals surface area contributed by atoms with E-state index in [0.29, 0.717) is 11.5 Å². The van der Waals surface area contributed by atoms with Crippen molar-refractivity contribution >= 4 is 17.5 Å². The molecule has 2 fully saturated rings. The van der Waals surface area contributed by atoms with Gasteiger partial charge in [-0.15, -0.1) is 0 Å². The first-order valence-corrected chi connectivity index (χ1v) is 9.51. The monoisotopic (exact) mass is 343 g/mol. The molecular formula is C20H29N3O2. The Morgan fingerprint density at radius 1 is 1.12 bits per heavy atom. The molecule has 5 heteroatoms. The maximum absolute atomic E-state index is 12.7. The molecule has 5 nitrogen and oxygen atoms in total. The van der Waals surface area contributed by atoms with Gasteiger partial charge in [-0.05, 0) is 62.5 Å². The Morgan fingerprint density at radius 3 is 2.48 bits per heavy atom. The molecule has 136 valence electrons. The summed E-state index contributed by atoms with van der Waals surface area (Å²) in [6.45, 7) is 9.02. The highest BCUT2D eigenvalue weighted by Gasteiger charge is 2.39. The van der Waals surface area contributed by atoms with Gasteiger partial charge in [0.15, 0.2) is 0 Å². The van der Waals surface area contributed by atoms with E-state index in [9.17, 15) is 9.59 Å². The molecule has 2 atom stereocenters. The average Bonchev–Trinajstić information content (AvgIpc) is 3.38. The van der Waals surface area contributed by atoms with E-state index in [1.54, 1.807) is 0 Å². The fraction of sp³-hybridized carbons (Fsp3) is 0.600. The van der Waals surface area contributed by atoms with E-state index in [2.05, 4.69) is 24.1 Å². The Labute approximate surface area is 150 Å². The Morgan fingerprint density at radius 2 is 1.84 bits per heavy atom. The molecule has 2 aliphatic rings. The van der Waals surface area contributed by atoms with Crippen LogP contribution in [0.5, 0.6) is 0 Å². The number of anilines is 1. The van der Waals surface area contributed by atoms with E-state index in [-0.39, 0.29) is 17.7 Å². The number of hydrogen-bond acceptors (Lipinski definition) is 3. The zero-order valence-electron chi connectivity index (χ0n) is 15.3. The van der Waals surface area contributed by atoms with E-state index in [0.717, 1.165) is 57.7 Å². The number of carbonyl (C=O) groups is 2. The van der Waals surface area contributed by atoms with Gasteiger partial charge >= 0.3 is 0 Å². The molecule has 1 aliphatic carbocycles. The average molecular weight is 343 g/mol. The minimum atomic E-state index is 0.0899. The predicted octanol–water partition coefficient (Wildman–Crippen LogP) is 2.84. The lowest BCUT2D eigenvalue weighted by Gasteiger charge is -2.22. The standard InChI is InChI=1S/C20H29N3O2/c1-3-9-22-10-4-11-23(13-12-22)20(25)16-5-7-17(8-6-16)21-19(24)18-14-15(18)2/h5-8,15,18H,3-4,9-14H2,1-2H3,(H,21,24)/t15-,18-/m0/s1. The van der Waals surface area contributed by atoms with Gasteiger partial charge in [0, 0.05) is 36.8 Å². The van der Waals surface area contributed by atoms with Crippen molar-refractivity contribution < 1.29 is 9.59 Å². The van der Waals surface area contributed by atoms with Crippen molar-refractivity contribution in [1.82, 2.24) is 9.80 Å². The van der Waals surface area contributed by atoms with Crippen LogP contribution < -0.4 is 5.32 Å². The Bertz CT molecular complexity index is 614. The third kappa shape index (κ3) is 4.60. The van der Waals surface area contributed by atoms with E-state index < -0.39 is 0 Å². The number of rotatable bonds is 5. The predicted molar refractivity (Wildman–Crippen MR) is 99.6 cm³/mol. The van der Waals surface area contributed by atoms with Gasteiger partial charge in [-0.3, -0.25) is 9.59 Å². The third-order valence-electron chi connectivity index (χ3n) is 5.26. The largest absolute Gasteiger partial charge is 0.337 e. The van der Waals surface area contributed by atoms with Crippen molar-refractivity contribution in [3.05, 3.63) is 29.8 Å². The summed E-state index contributed by atoms with van der Waals surface area (Å²) in [5.41, 5.74) is 1.47. The smallest absolute Gasteiger partial charge is 0.253 e. The molecule has 0 aromatic heterocycles. The minimum absolute atomic E-state index is 0.0899. The Balaban J connectivity index is 1.56. The Kier molecular flexibility index (Phi) is 5.74. The number of benzene rings is 1. The first kappa shape index (κ1) is 17.9. The van der Waals surface area contributed by atoms with Gasteiger partial charge in [-0.2, -0.15) is 0 Å². The molecule has 1 aliphatic heterocycles. The van der Waals surface area contributed by atoms with Gasteiger partial charge in [-0.1, -0.05) is 13.8 Å². The highest BCUT2D eigenvalue weighted by Crippen LogP contribution is 2.38. The minimum Gasteiger partial charge on any atom is -0.337 e. The first-order chi connectivity index (χ1) is 12.1. The number of hydrogen-bond donors (Lipinski definition) is 1. The van der Waals surface area contributed by atoms with Crippen LogP contribution in [0.15, 0.2) is 24.3 Å². The van der Waals surface area contributed by atoms with E-state index in [4.69, 9.17) is 0 Å². The quantitative estimate of drug-likeness (QED) is 0.894. The van der Waals surface area contributed by atoms with Gasteiger partial charge in [0.2, 0.25) is 5.91 Å². The summed E-state index contributed by atoms with van der Waals surface area (Å²) in [6.07, 6.45) is 3.16. The van der Waals surface area contributed by atoms with Gasteiger partial charge in [0.1, 0.15) is 0 Å². The van der Waals surface area contributed by atoms with Crippen molar-refractivity contribution in [2.45, 2.75) is 33.1 Å². The van der Waals surface area contributed by atoms with Crippen LogP contribution in [-0.2, 0) is 4.79 Å². The highest BCUT2D eigenvalue weighted by molar-refractivity contribution is 5.97. The number of carbonyl (C=O) groups excluding carboxylic acids is 2. The van der Waals surface area contributed by atoms with E-state index in [1.807, 2.05) is 29.2 Å². The van der Waals surface area contributed by atoms with Gasteiger partial charge in [-0.25, -0.2) is 0 Å². The normalized spacial score (nSPS) is 23.8. The van der Waals surface area contributed by atoms with Crippen molar-refractivity contribution in [3.8, 4) is 0 Å². The SMILES string of the molecule is CCCN1CCCN(C(=O)c2ccc(NC(=O)[C@H]3C[C@@H]3C)cc2)CC1. The second-order valence-corrected chi connectivity index (χ2v) is 7.37. The van der Waals surface area contributed by atoms with Crippen LogP contribution in [0, 0.1) is 11.8 Å². The first-order valence-electron chi connectivity index (χ1n) is 9.51. The molecular weight excluding hydrogens is 314 g/mol. The van der Waals surface area contributed by atoms with Crippen LogP contribution in [-0.4, -0.2) is 54.3 Å². The maximum atomic E-state index is 12.7. The molecule has 2 amide bonds. The van der Waals surface area contributed by atoms with Crippen molar-refractivity contribution in [2.24, 2.45) is 11.8 Å². The fourth-order valence-corrected chi connectivity index (χ4v) is 3.51. The Hall–Kier alpha value is -1.88. The summed E-state index contributed by atoms with van der Waals surface area (Å²) in [6, 6.07) is 7.31. The van der Waals surface area contributed by atoms with E-state index >= 15 is 0 Å². The fourth-order valence-electron chi connectivity index (χ4n) is 3.51. The van der Waals surface area contributed by atoms with Gasteiger partial charge in [0.25, 0.3) is 5.91 Å². The molecule has 0 radical (unpaired) electrons. The lowest BCUT2D eigenvalue weighted by atomic mass is 10.1. The number of amides is 2. The lowest BCUT2D eigenvalue weighted by Crippen LogP contribution is -2.35. The lowest BCUT2D eigenvalue weighted by molar-refractivity contribution is -0.117. The molecule has 1 aromatic rings. The van der Waals surface area contributed by atoms with Crippen LogP contribution >= 0.6 is 0 Å². The topological polar surface area (TPSA) is 52.6 Å². The molecule has 3 rings (SSSR count). The zero-order chi connectivity index (χ0) is 17.8. The van der Waals surface area contributed by atoms with E-state index in [1.165, 1.54) is 0 Å². The summed E-state index contributed by atoms with van der Waals surface area (Å²) in [5, 5.41) is 2.94. The molecule has 1 N–H and O–H groups in total. The summed E-state index contributed by atoms with van der Waals surface area (Å²) >= 11 is 0. The number of nitrogens with one attached hydrogen (secondary N) is 1. The molecule has 0 unspecified atom stereocenters. The molecule has 0 spiro atoms. The van der Waals surface area contributed by atoms with Crippen LogP contribution in [0.25, 0.3) is 0 Å². The van der Waals surface area contributed by atoms with Crippen molar-refractivity contribution in [1.29, 1.82) is 0 Å². The summed E-state index contributed by atoms with van der Waals surface area (Å²) < 4.78 is 0. The highest BCUT2D eigenvalue weighted by atomic mass is 16.2. The summed E-state index contributed by atoms with van der Waals surface area (Å²) in [4.78, 5) is 29.1. The molecule has 1 aromatic carbocycles. The van der Waals surface area contributed by atoms with Crippen LogP contribution in [0.4, 0.5) is 5.69 Å². The second kappa shape index (κ2) is 8.00. The van der Waals surface area contributed by atoms with Gasteiger partial charge in [0.05, 0.1) is 0 Å². The van der Waals surface area contributed by atoms with Crippen LogP contribution in [0.3, 0.4) is 0 Å². The molecule has 1 saturated carbocycles. The molecule has 0 bridgehead atoms. The number of nitrogens with zero attached hydrogens (tertiary/aromatic N) is 2. The zero-order valence-corrected chi connectivity index (χ0v) is 15.3. The maximum Gasteiger partial charge on any atom is 0.253 e. The molecule has 25 heavy (non-hydrogen) atoms. The molecule has 1 heterocycles. The third-order valence-corrected chi connectivity index (χ3v) is 5.26.